The summed E-state index contributed by atoms with van der Waals surface area (Å²) in [6, 6.07) is 5.89. The summed E-state index contributed by atoms with van der Waals surface area (Å²) in [5, 5.41) is 10.6. The van der Waals surface area contributed by atoms with E-state index < -0.39 is 4.92 Å². The van der Waals surface area contributed by atoms with Crippen molar-refractivity contribution in [3.63, 3.8) is 0 Å². The van der Waals surface area contributed by atoms with E-state index in [1.54, 1.807) is 19.1 Å². The number of nitro groups is 1. The maximum Gasteiger partial charge on any atom is 0.269 e. The number of non-ortho nitro benzene ring substituents is 1. The molecule has 0 aliphatic carbocycles. The Morgan fingerprint density at radius 1 is 1.22 bits per heavy atom. The van der Waals surface area contributed by atoms with Gasteiger partial charge in [-0.05, 0) is 44.4 Å². The lowest BCUT2D eigenvalue weighted by atomic mass is 9.97. The fourth-order valence-corrected chi connectivity index (χ4v) is 1.57. The van der Waals surface area contributed by atoms with E-state index in [-0.39, 0.29) is 11.5 Å². The van der Waals surface area contributed by atoms with Crippen LogP contribution in [-0.2, 0) is 4.79 Å². The molecule has 0 fully saturated rings. The highest BCUT2D eigenvalue weighted by Gasteiger charge is 2.13. The van der Waals surface area contributed by atoms with Gasteiger partial charge in [0.05, 0.1) is 4.92 Å². The van der Waals surface area contributed by atoms with Crippen molar-refractivity contribution in [3.8, 4) is 11.8 Å². The summed E-state index contributed by atoms with van der Waals surface area (Å²) >= 11 is 0. The SMILES string of the molecule is CC#CC(=O)C(=C(C)C)c1ccc([N+](=O)[O-])cc1. The molecule has 0 aliphatic rings. The lowest BCUT2D eigenvalue weighted by Gasteiger charge is -2.05. The van der Waals surface area contributed by atoms with E-state index in [0.717, 1.165) is 5.57 Å². The molecule has 0 unspecified atom stereocenters. The van der Waals surface area contributed by atoms with Gasteiger partial charge in [0.15, 0.2) is 0 Å². The number of rotatable bonds is 3. The largest absolute Gasteiger partial charge is 0.279 e. The maximum absolute atomic E-state index is 11.8. The van der Waals surface area contributed by atoms with E-state index in [9.17, 15) is 14.9 Å². The number of nitrogens with zero attached hydrogens (tertiary/aromatic N) is 1. The topological polar surface area (TPSA) is 60.2 Å². The average molecular weight is 243 g/mol. The molecule has 0 aromatic heterocycles. The van der Waals surface area contributed by atoms with Crippen molar-refractivity contribution < 1.29 is 9.72 Å². The average Bonchev–Trinajstić information content (AvgIpc) is 2.29. The first kappa shape index (κ1) is 13.7. The Bertz CT molecular complexity index is 567. The summed E-state index contributed by atoms with van der Waals surface area (Å²) in [5.74, 6) is 4.77. The Morgan fingerprint density at radius 2 is 1.78 bits per heavy atom. The minimum absolute atomic E-state index is 0.000816. The molecule has 0 saturated carbocycles. The molecule has 4 heteroatoms. The van der Waals surface area contributed by atoms with Gasteiger partial charge in [-0.3, -0.25) is 14.9 Å². The second-order valence-corrected chi connectivity index (χ2v) is 3.88. The molecule has 0 bridgehead atoms. The lowest BCUT2D eigenvalue weighted by Crippen LogP contribution is -2.01. The van der Waals surface area contributed by atoms with Crippen LogP contribution < -0.4 is 0 Å². The minimum atomic E-state index is -0.473. The second-order valence-electron chi connectivity index (χ2n) is 3.88. The van der Waals surface area contributed by atoms with Gasteiger partial charge in [0, 0.05) is 17.7 Å². The Hall–Kier alpha value is -2.41. The van der Waals surface area contributed by atoms with Crippen LogP contribution in [-0.4, -0.2) is 10.7 Å². The Kier molecular flexibility index (Phi) is 4.39. The molecule has 0 N–H and O–H groups in total. The van der Waals surface area contributed by atoms with E-state index in [4.69, 9.17) is 0 Å². The lowest BCUT2D eigenvalue weighted by molar-refractivity contribution is -0.384. The molecule has 18 heavy (non-hydrogen) atoms. The highest BCUT2D eigenvalue weighted by Crippen LogP contribution is 2.22. The first-order chi connectivity index (χ1) is 8.47. The van der Waals surface area contributed by atoms with Crippen LogP contribution in [0, 0.1) is 22.0 Å². The monoisotopic (exact) mass is 243 g/mol. The van der Waals surface area contributed by atoms with E-state index >= 15 is 0 Å². The number of carbonyl (C=O) groups is 1. The molecule has 0 saturated heterocycles. The van der Waals surface area contributed by atoms with Crippen LogP contribution in [0.25, 0.3) is 5.57 Å². The maximum atomic E-state index is 11.8. The highest BCUT2D eigenvalue weighted by molar-refractivity contribution is 6.29. The number of carbonyl (C=O) groups excluding carboxylic acids is 1. The molecule has 0 radical (unpaired) electrons. The van der Waals surface area contributed by atoms with Gasteiger partial charge in [-0.1, -0.05) is 11.5 Å². The number of benzene rings is 1. The molecule has 4 nitrogen and oxygen atoms in total. The number of Topliss-reactive ketones (excluding diaryl/α,β-unsaturated/α-hetero) is 1. The molecular weight excluding hydrogens is 230 g/mol. The van der Waals surface area contributed by atoms with Gasteiger partial charge < -0.3 is 0 Å². The number of hydrogen-bond donors (Lipinski definition) is 0. The number of allylic oxidation sites excluding steroid dienone is 2. The fraction of sp³-hybridized carbons (Fsp3) is 0.214. The van der Waals surface area contributed by atoms with Crippen molar-refractivity contribution in [1.82, 2.24) is 0 Å². The quantitative estimate of drug-likeness (QED) is 0.269. The molecule has 1 aromatic carbocycles. The Labute approximate surface area is 105 Å². The molecule has 0 atom stereocenters. The molecule has 0 heterocycles. The Balaban J connectivity index is 3.24. The van der Waals surface area contributed by atoms with Crippen molar-refractivity contribution in [1.29, 1.82) is 0 Å². The van der Waals surface area contributed by atoms with Crippen LogP contribution in [0.5, 0.6) is 0 Å². The molecule has 0 spiro atoms. The smallest absolute Gasteiger partial charge is 0.269 e. The molecule has 0 aliphatic heterocycles. The van der Waals surface area contributed by atoms with Crippen LogP contribution in [0.1, 0.15) is 26.3 Å². The predicted octanol–water partition coefficient (Wildman–Crippen LogP) is 2.98. The van der Waals surface area contributed by atoms with Gasteiger partial charge >= 0.3 is 0 Å². The first-order valence-electron chi connectivity index (χ1n) is 5.36. The van der Waals surface area contributed by atoms with Crippen molar-refractivity contribution in [2.24, 2.45) is 0 Å². The summed E-state index contributed by atoms with van der Waals surface area (Å²) in [6.07, 6.45) is 0. The summed E-state index contributed by atoms with van der Waals surface area (Å²) < 4.78 is 0. The van der Waals surface area contributed by atoms with Crippen molar-refractivity contribution >= 4 is 17.0 Å². The van der Waals surface area contributed by atoms with E-state index in [1.165, 1.54) is 12.1 Å². The summed E-state index contributed by atoms with van der Waals surface area (Å²) in [7, 11) is 0. The number of nitro benzene ring substituents is 1. The molecule has 0 amide bonds. The van der Waals surface area contributed by atoms with Gasteiger partial charge in [-0.25, -0.2) is 0 Å². The van der Waals surface area contributed by atoms with E-state index in [0.29, 0.717) is 11.1 Å². The first-order valence-corrected chi connectivity index (χ1v) is 5.36. The molecule has 92 valence electrons. The van der Waals surface area contributed by atoms with E-state index in [1.807, 2.05) is 13.8 Å². The molecule has 1 rings (SSSR count). The van der Waals surface area contributed by atoms with Crippen LogP contribution in [0.15, 0.2) is 29.8 Å². The zero-order chi connectivity index (χ0) is 13.7. The van der Waals surface area contributed by atoms with Gasteiger partial charge in [0.2, 0.25) is 5.78 Å². The predicted molar refractivity (Wildman–Crippen MR) is 69.8 cm³/mol. The number of hydrogen-bond acceptors (Lipinski definition) is 3. The van der Waals surface area contributed by atoms with Crippen molar-refractivity contribution in [2.45, 2.75) is 20.8 Å². The zero-order valence-corrected chi connectivity index (χ0v) is 10.5. The van der Waals surface area contributed by atoms with Crippen LogP contribution in [0.3, 0.4) is 0 Å². The van der Waals surface area contributed by atoms with Gasteiger partial charge in [0.25, 0.3) is 5.69 Å². The second kappa shape index (κ2) is 5.78. The summed E-state index contributed by atoms with van der Waals surface area (Å²) in [6.45, 7) is 5.22. The van der Waals surface area contributed by atoms with Gasteiger partial charge in [0.1, 0.15) is 0 Å². The third-order valence-corrected chi connectivity index (χ3v) is 2.33. The van der Waals surface area contributed by atoms with Crippen LogP contribution >= 0.6 is 0 Å². The van der Waals surface area contributed by atoms with E-state index in [2.05, 4.69) is 11.8 Å². The third-order valence-electron chi connectivity index (χ3n) is 2.33. The fourth-order valence-electron chi connectivity index (χ4n) is 1.57. The van der Waals surface area contributed by atoms with Gasteiger partial charge in [-0.2, -0.15) is 0 Å². The highest BCUT2D eigenvalue weighted by atomic mass is 16.6. The number of ketones is 1. The minimum Gasteiger partial charge on any atom is -0.279 e. The third kappa shape index (κ3) is 3.05. The van der Waals surface area contributed by atoms with Crippen molar-refractivity contribution in [3.05, 3.63) is 45.5 Å². The summed E-state index contributed by atoms with van der Waals surface area (Å²) in [4.78, 5) is 21.9. The Morgan fingerprint density at radius 3 is 2.17 bits per heavy atom. The van der Waals surface area contributed by atoms with Crippen LogP contribution in [0.2, 0.25) is 0 Å². The molecule has 1 aromatic rings. The van der Waals surface area contributed by atoms with Gasteiger partial charge in [-0.15, -0.1) is 0 Å². The standard InChI is InChI=1S/C14H13NO3/c1-4-5-13(16)14(10(2)3)11-6-8-12(9-7-11)15(17)18/h6-9H,1-3H3. The summed E-state index contributed by atoms with van der Waals surface area (Å²) in [5.41, 5.74) is 1.98. The normalized spacial score (nSPS) is 9.06. The van der Waals surface area contributed by atoms with Crippen molar-refractivity contribution in [2.75, 3.05) is 0 Å². The van der Waals surface area contributed by atoms with Crippen LogP contribution in [0.4, 0.5) is 5.69 Å². The molecular formula is C14H13NO3. The zero-order valence-electron chi connectivity index (χ0n) is 10.5.